The molecule has 2 heterocycles. The number of carbonyl (C=O) groups excluding carboxylic acids is 2. The summed E-state index contributed by atoms with van der Waals surface area (Å²) in [6.07, 6.45) is 1.18. The summed E-state index contributed by atoms with van der Waals surface area (Å²) < 4.78 is 20.7. The van der Waals surface area contributed by atoms with Crippen LogP contribution >= 0.6 is 0 Å². The van der Waals surface area contributed by atoms with E-state index in [0.29, 0.717) is 39.1 Å². The summed E-state index contributed by atoms with van der Waals surface area (Å²) in [5.74, 6) is -1.56. The van der Waals surface area contributed by atoms with Crippen LogP contribution in [-0.2, 0) is 16.1 Å². The van der Waals surface area contributed by atoms with Crippen LogP contribution in [0.4, 0.5) is 10.1 Å². The Kier molecular flexibility index (Phi) is 6.77. The van der Waals surface area contributed by atoms with Gasteiger partial charge in [0.15, 0.2) is 0 Å². The monoisotopic (exact) mass is 401 g/mol. The molecule has 0 aliphatic carbocycles. The minimum atomic E-state index is -0.609. The maximum absolute atomic E-state index is 13.9. The smallest absolute Gasteiger partial charge is 0.251 e. The third kappa shape index (κ3) is 5.51. The number of aromatic nitrogens is 1. The largest absolute Gasteiger partial charge is 0.381 e. The van der Waals surface area contributed by atoms with Gasteiger partial charge in [-0.15, -0.1) is 0 Å². The van der Waals surface area contributed by atoms with Crippen molar-refractivity contribution in [2.75, 3.05) is 25.1 Å². The summed E-state index contributed by atoms with van der Waals surface area (Å²) >= 11 is 0. The summed E-state index contributed by atoms with van der Waals surface area (Å²) in [5, 5.41) is 5.36. The van der Waals surface area contributed by atoms with Crippen LogP contribution in [0.5, 0.6) is 0 Å². The Morgan fingerprint density at radius 2 is 2.10 bits per heavy atom. The van der Waals surface area contributed by atoms with Gasteiger partial charge in [-0.3, -0.25) is 14.4 Å². The fraction of sp³-hybridized carbons (Fsp3) is 0.381. The van der Waals surface area contributed by atoms with Gasteiger partial charge in [0.25, 0.3) is 11.5 Å². The van der Waals surface area contributed by atoms with E-state index in [1.54, 1.807) is 10.6 Å². The molecule has 3 rings (SSSR count). The molecule has 154 valence electrons. The number of hydrogen-bond donors (Lipinski definition) is 2. The van der Waals surface area contributed by atoms with Gasteiger partial charge in [0.2, 0.25) is 5.91 Å². The quantitative estimate of drug-likeness (QED) is 0.696. The topological polar surface area (TPSA) is 89.4 Å². The molecule has 1 aromatic carbocycles. The van der Waals surface area contributed by atoms with E-state index in [9.17, 15) is 18.8 Å². The number of pyridine rings is 1. The van der Waals surface area contributed by atoms with Crippen molar-refractivity contribution in [1.29, 1.82) is 0 Å². The highest BCUT2D eigenvalue weighted by molar-refractivity contribution is 5.97. The van der Waals surface area contributed by atoms with Gasteiger partial charge in [0.05, 0.1) is 12.5 Å². The number of carbonyl (C=O) groups is 2. The summed E-state index contributed by atoms with van der Waals surface area (Å²) in [6.45, 7) is 3.53. The zero-order valence-electron chi connectivity index (χ0n) is 16.2. The maximum atomic E-state index is 13.9. The van der Waals surface area contributed by atoms with Gasteiger partial charge in [-0.2, -0.15) is 0 Å². The third-order valence-electron chi connectivity index (χ3n) is 4.84. The van der Waals surface area contributed by atoms with Gasteiger partial charge in [0.1, 0.15) is 5.82 Å². The van der Waals surface area contributed by atoms with Crippen molar-refractivity contribution in [2.45, 2.75) is 26.3 Å². The fourth-order valence-corrected chi connectivity index (χ4v) is 3.23. The van der Waals surface area contributed by atoms with Crippen molar-refractivity contribution >= 4 is 17.5 Å². The average molecular weight is 401 g/mol. The van der Waals surface area contributed by atoms with Crippen LogP contribution in [0.2, 0.25) is 0 Å². The van der Waals surface area contributed by atoms with Crippen molar-refractivity contribution < 1.29 is 18.7 Å². The Hall–Kier alpha value is -3.00. The molecule has 0 spiro atoms. The number of amides is 2. The average Bonchev–Trinajstić information content (AvgIpc) is 3.21. The second-order valence-corrected chi connectivity index (χ2v) is 7.04. The molecule has 2 aromatic rings. The molecule has 1 aliphatic rings. The van der Waals surface area contributed by atoms with Crippen LogP contribution in [-0.4, -0.2) is 36.1 Å². The van der Waals surface area contributed by atoms with E-state index in [1.165, 1.54) is 18.2 Å². The predicted molar refractivity (Wildman–Crippen MR) is 106 cm³/mol. The number of nitrogens with one attached hydrogen (secondary N) is 2. The van der Waals surface area contributed by atoms with Gasteiger partial charge in [-0.25, -0.2) is 4.39 Å². The van der Waals surface area contributed by atoms with E-state index in [0.717, 1.165) is 11.8 Å². The first-order valence-electron chi connectivity index (χ1n) is 9.58. The van der Waals surface area contributed by atoms with Crippen molar-refractivity contribution in [3.8, 4) is 0 Å². The van der Waals surface area contributed by atoms with Crippen molar-refractivity contribution in [2.24, 2.45) is 5.92 Å². The van der Waals surface area contributed by atoms with E-state index in [4.69, 9.17) is 4.74 Å². The van der Waals surface area contributed by atoms with Crippen LogP contribution in [0.25, 0.3) is 0 Å². The molecule has 1 aromatic heterocycles. The number of ether oxygens (including phenoxy) is 1. The number of hydrogen-bond acceptors (Lipinski definition) is 4. The highest BCUT2D eigenvalue weighted by Gasteiger charge is 2.23. The molecule has 0 bridgehead atoms. The standard InChI is InChI=1S/C21H24FN3O4/c1-14-4-2-5-19(26)25(14)8-3-7-23-20(27)16-10-17(22)12-18(11-16)24-21(28)15-6-9-29-13-15/h2,4-5,10-12,15H,3,6-9,13H2,1H3,(H,23,27)(H,24,28). The second kappa shape index (κ2) is 9.47. The van der Waals surface area contributed by atoms with Crippen molar-refractivity contribution in [3.63, 3.8) is 0 Å². The fourth-order valence-electron chi connectivity index (χ4n) is 3.23. The van der Waals surface area contributed by atoms with Crippen LogP contribution in [0.15, 0.2) is 41.2 Å². The molecular formula is C21H24FN3O4. The van der Waals surface area contributed by atoms with E-state index in [1.807, 2.05) is 13.0 Å². The number of halogens is 1. The Bertz CT molecular complexity index is 951. The number of benzene rings is 1. The van der Waals surface area contributed by atoms with E-state index in [2.05, 4.69) is 10.6 Å². The minimum absolute atomic E-state index is 0.0884. The first kappa shape index (κ1) is 20.7. The predicted octanol–water partition coefficient (Wildman–Crippen LogP) is 2.09. The zero-order chi connectivity index (χ0) is 20.8. The van der Waals surface area contributed by atoms with Gasteiger partial charge in [0, 0.05) is 42.7 Å². The van der Waals surface area contributed by atoms with Gasteiger partial charge in [-0.1, -0.05) is 6.07 Å². The van der Waals surface area contributed by atoms with Crippen LogP contribution < -0.4 is 16.2 Å². The highest BCUT2D eigenvalue weighted by Crippen LogP contribution is 2.18. The first-order valence-corrected chi connectivity index (χ1v) is 9.58. The maximum Gasteiger partial charge on any atom is 0.251 e. The second-order valence-electron chi connectivity index (χ2n) is 7.04. The Morgan fingerprint density at radius 1 is 1.28 bits per heavy atom. The first-order chi connectivity index (χ1) is 13.9. The molecule has 7 nitrogen and oxygen atoms in total. The number of nitrogens with zero attached hydrogens (tertiary/aromatic N) is 1. The lowest BCUT2D eigenvalue weighted by atomic mass is 10.1. The molecular weight excluding hydrogens is 377 g/mol. The summed E-state index contributed by atoms with van der Waals surface area (Å²) in [7, 11) is 0. The molecule has 29 heavy (non-hydrogen) atoms. The normalized spacial score (nSPS) is 15.9. The van der Waals surface area contributed by atoms with Crippen molar-refractivity contribution in [3.05, 3.63) is 63.8 Å². The highest BCUT2D eigenvalue weighted by atomic mass is 19.1. The van der Waals surface area contributed by atoms with Gasteiger partial charge in [-0.05, 0) is 44.0 Å². The molecule has 1 unspecified atom stereocenters. The van der Waals surface area contributed by atoms with Crippen LogP contribution in [0, 0.1) is 18.7 Å². The van der Waals surface area contributed by atoms with Crippen LogP contribution in [0.1, 0.15) is 28.9 Å². The molecule has 1 saturated heterocycles. The Balaban J connectivity index is 1.55. The van der Waals surface area contributed by atoms with E-state index < -0.39 is 11.7 Å². The van der Waals surface area contributed by atoms with E-state index >= 15 is 0 Å². The number of anilines is 1. The Morgan fingerprint density at radius 3 is 2.83 bits per heavy atom. The lowest BCUT2D eigenvalue weighted by Crippen LogP contribution is -2.28. The summed E-state index contributed by atoms with van der Waals surface area (Å²) in [4.78, 5) is 36.4. The van der Waals surface area contributed by atoms with E-state index in [-0.39, 0.29) is 28.6 Å². The number of aryl methyl sites for hydroxylation is 1. The molecule has 1 fully saturated rings. The lowest BCUT2D eigenvalue weighted by Gasteiger charge is -2.12. The van der Waals surface area contributed by atoms with Crippen molar-refractivity contribution in [1.82, 2.24) is 9.88 Å². The molecule has 8 heteroatoms. The molecule has 2 N–H and O–H groups in total. The zero-order valence-corrected chi connectivity index (χ0v) is 16.2. The molecule has 2 amide bonds. The minimum Gasteiger partial charge on any atom is -0.381 e. The molecule has 1 aliphatic heterocycles. The Labute approximate surface area is 167 Å². The SMILES string of the molecule is Cc1cccc(=O)n1CCCNC(=O)c1cc(F)cc(NC(=O)C2CCOC2)c1. The molecule has 0 radical (unpaired) electrons. The lowest BCUT2D eigenvalue weighted by molar-refractivity contribution is -0.119. The molecule has 1 atom stereocenters. The summed E-state index contributed by atoms with van der Waals surface area (Å²) in [5.41, 5.74) is 1.12. The molecule has 0 saturated carbocycles. The third-order valence-corrected chi connectivity index (χ3v) is 4.84. The number of rotatable bonds is 7. The van der Waals surface area contributed by atoms with Gasteiger partial charge >= 0.3 is 0 Å². The summed E-state index contributed by atoms with van der Waals surface area (Å²) in [6, 6.07) is 8.78. The van der Waals surface area contributed by atoms with Gasteiger partial charge < -0.3 is 19.9 Å². The van der Waals surface area contributed by atoms with Crippen LogP contribution in [0.3, 0.4) is 0 Å².